The predicted molar refractivity (Wildman–Crippen MR) is 73.7 cm³/mol. The molecule has 5 nitrogen and oxygen atoms in total. The van der Waals surface area contributed by atoms with Crippen molar-refractivity contribution in [1.82, 2.24) is 4.90 Å². The van der Waals surface area contributed by atoms with E-state index in [-0.39, 0.29) is 11.3 Å². The van der Waals surface area contributed by atoms with Crippen molar-refractivity contribution in [2.45, 2.75) is 6.42 Å². The van der Waals surface area contributed by atoms with Gasteiger partial charge in [-0.05, 0) is 32.1 Å². The molecular formula is C13H19FN4O. The molecule has 19 heavy (non-hydrogen) atoms. The molecular weight excluding hydrogens is 247 g/mol. The summed E-state index contributed by atoms with van der Waals surface area (Å²) in [6.45, 7) is 3.38. The Kier molecular flexibility index (Phi) is 3.90. The van der Waals surface area contributed by atoms with Crippen molar-refractivity contribution in [3.05, 3.63) is 23.5 Å². The number of hydrogen-bond donors (Lipinski definition) is 2. The summed E-state index contributed by atoms with van der Waals surface area (Å²) >= 11 is 0. The second-order valence-corrected chi connectivity index (χ2v) is 4.90. The van der Waals surface area contributed by atoms with Crippen LogP contribution in [0.1, 0.15) is 16.8 Å². The predicted octanol–water partition coefficient (Wildman–Crippen LogP) is 0.649. The maximum absolute atomic E-state index is 14.1. The van der Waals surface area contributed by atoms with Gasteiger partial charge in [0, 0.05) is 25.3 Å². The molecule has 0 aromatic heterocycles. The molecule has 0 aliphatic carbocycles. The number of likely N-dealkylation sites (N-methyl/N-ethyl adjacent to an activating group) is 1. The number of benzene rings is 1. The Hall–Kier alpha value is -1.82. The smallest absolute Gasteiger partial charge is 0.250 e. The van der Waals surface area contributed by atoms with Crippen LogP contribution < -0.4 is 16.4 Å². The van der Waals surface area contributed by atoms with Crippen molar-refractivity contribution >= 4 is 17.3 Å². The largest absolute Gasteiger partial charge is 0.398 e. The average Bonchev–Trinajstić information content (AvgIpc) is 2.56. The first-order valence-electron chi connectivity index (χ1n) is 6.31. The quantitative estimate of drug-likeness (QED) is 0.771. The van der Waals surface area contributed by atoms with Gasteiger partial charge in [-0.3, -0.25) is 4.79 Å². The van der Waals surface area contributed by atoms with E-state index >= 15 is 0 Å². The van der Waals surface area contributed by atoms with Gasteiger partial charge in [0.25, 0.3) is 5.91 Å². The zero-order chi connectivity index (χ0) is 14.0. The van der Waals surface area contributed by atoms with Gasteiger partial charge >= 0.3 is 0 Å². The zero-order valence-corrected chi connectivity index (χ0v) is 11.0. The van der Waals surface area contributed by atoms with Crippen molar-refractivity contribution < 1.29 is 9.18 Å². The molecule has 0 atom stereocenters. The second kappa shape index (κ2) is 5.44. The van der Waals surface area contributed by atoms with E-state index < -0.39 is 11.7 Å². The third-order valence-corrected chi connectivity index (χ3v) is 3.44. The monoisotopic (exact) mass is 266 g/mol. The van der Waals surface area contributed by atoms with Gasteiger partial charge in [0.15, 0.2) is 0 Å². The highest BCUT2D eigenvalue weighted by Gasteiger charge is 2.18. The number of anilines is 2. The number of carbonyl (C=O) groups excluding carboxylic acids is 1. The van der Waals surface area contributed by atoms with Crippen molar-refractivity contribution in [3.63, 3.8) is 0 Å². The first-order valence-corrected chi connectivity index (χ1v) is 6.31. The Balaban J connectivity index is 2.29. The van der Waals surface area contributed by atoms with Crippen molar-refractivity contribution in [2.24, 2.45) is 5.73 Å². The molecule has 6 heteroatoms. The lowest BCUT2D eigenvalue weighted by Gasteiger charge is -2.24. The van der Waals surface area contributed by atoms with Crippen molar-refractivity contribution in [1.29, 1.82) is 0 Å². The van der Waals surface area contributed by atoms with Gasteiger partial charge in [0.05, 0.1) is 11.3 Å². The molecule has 0 bridgehead atoms. The summed E-state index contributed by atoms with van der Waals surface area (Å²) < 4.78 is 14.1. The number of hydrogen-bond acceptors (Lipinski definition) is 4. The van der Waals surface area contributed by atoms with Gasteiger partial charge in [-0.2, -0.15) is 0 Å². The normalized spacial score (nSPS) is 17.3. The fourth-order valence-corrected chi connectivity index (χ4v) is 2.32. The summed E-state index contributed by atoms with van der Waals surface area (Å²) in [5.41, 5.74) is 11.6. The summed E-state index contributed by atoms with van der Waals surface area (Å²) in [7, 11) is 2.05. The number of rotatable bonds is 2. The molecule has 1 amide bonds. The molecule has 0 spiro atoms. The summed E-state index contributed by atoms with van der Waals surface area (Å²) in [6.07, 6.45) is 0.966. The maximum atomic E-state index is 14.1. The first kappa shape index (κ1) is 13.6. The van der Waals surface area contributed by atoms with E-state index in [1.807, 2.05) is 11.9 Å². The van der Waals surface area contributed by atoms with Gasteiger partial charge in [0.2, 0.25) is 0 Å². The van der Waals surface area contributed by atoms with E-state index in [2.05, 4.69) is 4.90 Å². The van der Waals surface area contributed by atoms with Crippen LogP contribution in [0.15, 0.2) is 12.1 Å². The minimum Gasteiger partial charge on any atom is -0.398 e. The van der Waals surface area contributed by atoms with Crippen LogP contribution in [0, 0.1) is 5.82 Å². The van der Waals surface area contributed by atoms with Gasteiger partial charge in [-0.25, -0.2) is 4.39 Å². The Morgan fingerprint density at radius 1 is 1.26 bits per heavy atom. The van der Waals surface area contributed by atoms with E-state index in [0.29, 0.717) is 5.69 Å². The first-order chi connectivity index (χ1) is 8.99. The summed E-state index contributed by atoms with van der Waals surface area (Å²) in [5.74, 6) is -1.16. The molecule has 4 N–H and O–H groups in total. The van der Waals surface area contributed by atoms with E-state index in [0.717, 1.165) is 38.7 Å². The molecule has 1 aliphatic heterocycles. The number of nitrogens with zero attached hydrogens (tertiary/aromatic N) is 2. The Bertz CT molecular complexity index is 492. The summed E-state index contributed by atoms with van der Waals surface area (Å²) in [5, 5.41) is 0. The van der Waals surface area contributed by atoms with Gasteiger partial charge < -0.3 is 21.3 Å². The number of amides is 1. The Morgan fingerprint density at radius 2 is 2.00 bits per heavy atom. The van der Waals surface area contributed by atoms with E-state index in [4.69, 9.17) is 11.5 Å². The third kappa shape index (κ3) is 2.96. The molecule has 0 unspecified atom stereocenters. The number of halogens is 1. The number of primary amides is 1. The fraction of sp³-hybridized carbons (Fsp3) is 0.462. The molecule has 104 valence electrons. The van der Waals surface area contributed by atoms with Crippen LogP contribution in [0.5, 0.6) is 0 Å². The number of carbonyl (C=O) groups is 1. The standard InChI is InChI=1S/C13H19FN4O/c1-17-3-2-4-18(6-5-17)12-8-11(15)9(13(16)19)7-10(12)14/h7-8H,2-6,15H2,1H3,(H2,16,19). The molecule has 0 radical (unpaired) electrons. The molecule has 1 saturated heterocycles. The summed E-state index contributed by atoms with van der Waals surface area (Å²) in [6, 6.07) is 2.63. The minimum atomic E-state index is -0.710. The van der Waals surface area contributed by atoms with Gasteiger partial charge in [-0.15, -0.1) is 0 Å². The molecule has 1 fully saturated rings. The highest BCUT2D eigenvalue weighted by Crippen LogP contribution is 2.26. The molecule has 1 aliphatic rings. The van der Waals surface area contributed by atoms with Crippen LogP contribution in [-0.4, -0.2) is 44.0 Å². The lowest BCUT2D eigenvalue weighted by Crippen LogP contribution is -2.29. The van der Waals surface area contributed by atoms with Crippen molar-refractivity contribution in [2.75, 3.05) is 43.9 Å². The Morgan fingerprint density at radius 3 is 2.68 bits per heavy atom. The lowest BCUT2D eigenvalue weighted by atomic mass is 10.1. The molecule has 2 rings (SSSR count). The van der Waals surface area contributed by atoms with E-state index in [9.17, 15) is 9.18 Å². The highest BCUT2D eigenvalue weighted by atomic mass is 19.1. The van der Waals surface area contributed by atoms with Crippen LogP contribution in [0.3, 0.4) is 0 Å². The molecule has 1 heterocycles. The summed E-state index contributed by atoms with van der Waals surface area (Å²) in [4.78, 5) is 15.3. The SMILES string of the molecule is CN1CCCN(c2cc(N)c(C(N)=O)cc2F)CC1. The molecule has 0 saturated carbocycles. The topological polar surface area (TPSA) is 75.6 Å². The van der Waals surface area contributed by atoms with Crippen LogP contribution in [0.2, 0.25) is 0 Å². The third-order valence-electron chi connectivity index (χ3n) is 3.44. The number of nitrogen functional groups attached to an aromatic ring is 1. The van der Waals surface area contributed by atoms with Crippen LogP contribution in [0.25, 0.3) is 0 Å². The minimum absolute atomic E-state index is 0.0354. The van der Waals surface area contributed by atoms with E-state index in [1.54, 1.807) is 0 Å². The molecule has 1 aromatic rings. The number of nitrogens with two attached hydrogens (primary N) is 2. The van der Waals surface area contributed by atoms with Crippen LogP contribution in [-0.2, 0) is 0 Å². The zero-order valence-electron chi connectivity index (χ0n) is 11.0. The Labute approximate surface area is 112 Å². The maximum Gasteiger partial charge on any atom is 0.250 e. The van der Waals surface area contributed by atoms with Crippen LogP contribution >= 0.6 is 0 Å². The molecule has 1 aromatic carbocycles. The van der Waals surface area contributed by atoms with Crippen LogP contribution in [0.4, 0.5) is 15.8 Å². The average molecular weight is 266 g/mol. The fourth-order valence-electron chi connectivity index (χ4n) is 2.32. The van der Waals surface area contributed by atoms with E-state index in [1.165, 1.54) is 6.07 Å². The van der Waals surface area contributed by atoms with Gasteiger partial charge in [0.1, 0.15) is 5.82 Å². The van der Waals surface area contributed by atoms with Crippen molar-refractivity contribution in [3.8, 4) is 0 Å². The second-order valence-electron chi connectivity index (χ2n) is 4.90. The highest BCUT2D eigenvalue weighted by molar-refractivity contribution is 5.98. The lowest BCUT2D eigenvalue weighted by molar-refractivity contribution is 0.100. The van der Waals surface area contributed by atoms with Gasteiger partial charge in [-0.1, -0.05) is 0 Å².